The number of unbranched alkanes of at least 4 members (excludes halogenated alkanes) is 4. The summed E-state index contributed by atoms with van der Waals surface area (Å²) in [5.74, 6) is 1.69. The SMILES string of the molecule is CCCCCCCOc1c(CNCc2ccccc2C)cccc1OC. The zero-order valence-corrected chi connectivity index (χ0v) is 16.5. The van der Waals surface area contributed by atoms with Gasteiger partial charge in [-0.1, -0.05) is 69.0 Å². The molecular formula is C23H33NO2. The van der Waals surface area contributed by atoms with Crippen molar-refractivity contribution in [2.24, 2.45) is 0 Å². The molecule has 0 aliphatic heterocycles. The van der Waals surface area contributed by atoms with Gasteiger partial charge in [0, 0.05) is 18.7 Å². The number of ether oxygens (including phenoxy) is 2. The van der Waals surface area contributed by atoms with Crippen LogP contribution in [0.3, 0.4) is 0 Å². The molecule has 0 spiro atoms. The van der Waals surface area contributed by atoms with Crippen LogP contribution in [0.15, 0.2) is 42.5 Å². The van der Waals surface area contributed by atoms with E-state index in [9.17, 15) is 0 Å². The molecule has 0 atom stereocenters. The average molecular weight is 356 g/mol. The van der Waals surface area contributed by atoms with Gasteiger partial charge in [-0.05, 0) is 30.5 Å². The largest absolute Gasteiger partial charge is 0.493 e. The van der Waals surface area contributed by atoms with Crippen LogP contribution in [0.2, 0.25) is 0 Å². The van der Waals surface area contributed by atoms with Crippen LogP contribution < -0.4 is 14.8 Å². The number of rotatable bonds is 12. The Morgan fingerprint density at radius 1 is 0.846 bits per heavy atom. The van der Waals surface area contributed by atoms with E-state index < -0.39 is 0 Å². The number of hydrogen-bond acceptors (Lipinski definition) is 3. The summed E-state index contributed by atoms with van der Waals surface area (Å²) in [7, 11) is 1.70. The Balaban J connectivity index is 1.91. The van der Waals surface area contributed by atoms with Crippen LogP contribution in [0, 0.1) is 6.92 Å². The molecule has 0 amide bonds. The maximum absolute atomic E-state index is 6.10. The van der Waals surface area contributed by atoms with E-state index in [4.69, 9.17) is 9.47 Å². The Labute approximate surface area is 158 Å². The lowest BCUT2D eigenvalue weighted by Crippen LogP contribution is -2.15. The first-order chi connectivity index (χ1) is 12.8. The van der Waals surface area contributed by atoms with Crippen LogP contribution in [-0.4, -0.2) is 13.7 Å². The third kappa shape index (κ3) is 6.38. The number of methoxy groups -OCH3 is 1. The van der Waals surface area contributed by atoms with E-state index >= 15 is 0 Å². The number of para-hydroxylation sites is 1. The van der Waals surface area contributed by atoms with Crippen LogP contribution in [0.25, 0.3) is 0 Å². The fourth-order valence-corrected chi connectivity index (χ4v) is 3.05. The highest BCUT2D eigenvalue weighted by Gasteiger charge is 2.10. The van der Waals surface area contributed by atoms with E-state index in [1.54, 1.807) is 7.11 Å². The summed E-state index contributed by atoms with van der Waals surface area (Å²) >= 11 is 0. The maximum Gasteiger partial charge on any atom is 0.165 e. The van der Waals surface area contributed by atoms with E-state index in [0.29, 0.717) is 0 Å². The van der Waals surface area contributed by atoms with Gasteiger partial charge < -0.3 is 14.8 Å². The minimum Gasteiger partial charge on any atom is -0.493 e. The predicted octanol–water partition coefficient (Wildman–Crippen LogP) is 5.64. The predicted molar refractivity (Wildman–Crippen MR) is 109 cm³/mol. The van der Waals surface area contributed by atoms with Gasteiger partial charge in [0.15, 0.2) is 11.5 Å². The van der Waals surface area contributed by atoms with Crippen molar-refractivity contribution in [3.63, 3.8) is 0 Å². The smallest absolute Gasteiger partial charge is 0.165 e. The first-order valence-corrected chi connectivity index (χ1v) is 9.80. The summed E-state index contributed by atoms with van der Waals surface area (Å²) in [6.45, 7) is 6.74. The summed E-state index contributed by atoms with van der Waals surface area (Å²) < 4.78 is 11.6. The van der Waals surface area contributed by atoms with Gasteiger partial charge >= 0.3 is 0 Å². The number of nitrogens with one attached hydrogen (secondary N) is 1. The third-order valence-electron chi connectivity index (χ3n) is 4.67. The molecule has 26 heavy (non-hydrogen) atoms. The molecule has 0 heterocycles. The fourth-order valence-electron chi connectivity index (χ4n) is 3.05. The van der Waals surface area contributed by atoms with Crippen molar-refractivity contribution in [3.8, 4) is 11.5 Å². The first kappa shape index (κ1) is 20.3. The van der Waals surface area contributed by atoms with Crippen molar-refractivity contribution in [1.82, 2.24) is 5.32 Å². The molecule has 0 bridgehead atoms. The molecule has 2 rings (SSSR count). The average Bonchev–Trinajstić information content (AvgIpc) is 2.66. The molecule has 142 valence electrons. The quantitative estimate of drug-likeness (QED) is 0.500. The molecule has 0 aliphatic carbocycles. The molecule has 1 N–H and O–H groups in total. The maximum atomic E-state index is 6.10. The Kier molecular flexibility index (Phi) is 9.05. The van der Waals surface area contributed by atoms with E-state index in [1.165, 1.54) is 36.8 Å². The van der Waals surface area contributed by atoms with Crippen molar-refractivity contribution < 1.29 is 9.47 Å². The lowest BCUT2D eigenvalue weighted by Gasteiger charge is -2.16. The Bertz CT molecular complexity index is 654. The highest BCUT2D eigenvalue weighted by Crippen LogP contribution is 2.31. The minimum absolute atomic E-state index is 0.745. The van der Waals surface area contributed by atoms with E-state index in [2.05, 4.69) is 49.5 Å². The van der Waals surface area contributed by atoms with Crippen LogP contribution in [0.1, 0.15) is 55.7 Å². The molecule has 0 saturated carbocycles. The second-order valence-corrected chi connectivity index (χ2v) is 6.74. The Morgan fingerprint density at radius 3 is 2.35 bits per heavy atom. The Morgan fingerprint density at radius 2 is 1.58 bits per heavy atom. The van der Waals surface area contributed by atoms with Crippen molar-refractivity contribution >= 4 is 0 Å². The number of benzene rings is 2. The second-order valence-electron chi connectivity index (χ2n) is 6.74. The van der Waals surface area contributed by atoms with Crippen molar-refractivity contribution in [1.29, 1.82) is 0 Å². The molecule has 3 nitrogen and oxygen atoms in total. The van der Waals surface area contributed by atoms with Gasteiger partial charge in [-0.2, -0.15) is 0 Å². The lowest BCUT2D eigenvalue weighted by molar-refractivity contribution is 0.281. The lowest BCUT2D eigenvalue weighted by atomic mass is 10.1. The molecule has 2 aromatic rings. The zero-order valence-electron chi connectivity index (χ0n) is 16.5. The highest BCUT2D eigenvalue weighted by molar-refractivity contribution is 5.46. The van der Waals surface area contributed by atoms with E-state index in [-0.39, 0.29) is 0 Å². The molecule has 0 aromatic heterocycles. The van der Waals surface area contributed by atoms with Gasteiger partial charge in [-0.3, -0.25) is 0 Å². The van der Waals surface area contributed by atoms with Crippen LogP contribution in [0.4, 0.5) is 0 Å². The Hall–Kier alpha value is -2.00. The summed E-state index contributed by atoms with van der Waals surface area (Å²) in [6.07, 6.45) is 6.18. The molecule has 3 heteroatoms. The molecule has 0 unspecified atom stereocenters. The van der Waals surface area contributed by atoms with Crippen molar-refractivity contribution in [2.45, 2.75) is 59.0 Å². The second kappa shape index (κ2) is 11.6. The van der Waals surface area contributed by atoms with E-state index in [0.717, 1.165) is 43.2 Å². The molecule has 0 aliphatic rings. The standard InChI is InChI=1S/C23H33NO2/c1-4-5-6-7-10-16-26-23-21(14-11-15-22(23)25-3)18-24-17-20-13-9-8-12-19(20)2/h8-9,11-15,24H,4-7,10,16-18H2,1-3H3. The van der Waals surface area contributed by atoms with Gasteiger partial charge in [-0.15, -0.1) is 0 Å². The van der Waals surface area contributed by atoms with Gasteiger partial charge in [-0.25, -0.2) is 0 Å². The van der Waals surface area contributed by atoms with Gasteiger partial charge in [0.2, 0.25) is 0 Å². The summed E-state index contributed by atoms with van der Waals surface area (Å²) in [6, 6.07) is 14.6. The zero-order chi connectivity index (χ0) is 18.6. The minimum atomic E-state index is 0.745. The topological polar surface area (TPSA) is 30.5 Å². The highest BCUT2D eigenvalue weighted by atomic mass is 16.5. The molecule has 2 aromatic carbocycles. The normalized spacial score (nSPS) is 10.7. The molecule has 0 saturated heterocycles. The van der Waals surface area contributed by atoms with Crippen LogP contribution in [-0.2, 0) is 13.1 Å². The first-order valence-electron chi connectivity index (χ1n) is 9.80. The summed E-state index contributed by atoms with van der Waals surface area (Å²) in [4.78, 5) is 0. The monoisotopic (exact) mass is 355 g/mol. The van der Waals surface area contributed by atoms with Crippen LogP contribution in [0.5, 0.6) is 11.5 Å². The van der Waals surface area contributed by atoms with Crippen LogP contribution >= 0.6 is 0 Å². The van der Waals surface area contributed by atoms with E-state index in [1.807, 2.05) is 12.1 Å². The summed E-state index contributed by atoms with van der Waals surface area (Å²) in [5.41, 5.74) is 3.79. The van der Waals surface area contributed by atoms with Crippen molar-refractivity contribution in [2.75, 3.05) is 13.7 Å². The van der Waals surface area contributed by atoms with Gasteiger partial charge in [0.25, 0.3) is 0 Å². The van der Waals surface area contributed by atoms with Gasteiger partial charge in [0.05, 0.1) is 13.7 Å². The fraction of sp³-hybridized carbons (Fsp3) is 0.478. The van der Waals surface area contributed by atoms with Gasteiger partial charge in [0.1, 0.15) is 0 Å². The number of hydrogen-bond donors (Lipinski definition) is 1. The third-order valence-corrected chi connectivity index (χ3v) is 4.67. The molecular weight excluding hydrogens is 322 g/mol. The van der Waals surface area contributed by atoms with Crippen molar-refractivity contribution in [3.05, 3.63) is 59.2 Å². The molecule has 0 radical (unpaired) electrons. The summed E-state index contributed by atoms with van der Waals surface area (Å²) in [5, 5.41) is 3.53. The molecule has 0 fully saturated rings. The number of aryl methyl sites for hydroxylation is 1.